The van der Waals surface area contributed by atoms with E-state index in [0.29, 0.717) is 30.6 Å². The first-order valence-electron chi connectivity index (χ1n) is 12.3. The van der Waals surface area contributed by atoms with E-state index in [4.69, 9.17) is 14.2 Å². The van der Waals surface area contributed by atoms with Gasteiger partial charge in [-0.25, -0.2) is 9.59 Å². The minimum Gasteiger partial charge on any atom is -0.496 e. The molecule has 0 fully saturated rings. The van der Waals surface area contributed by atoms with Crippen molar-refractivity contribution < 1.29 is 33.4 Å². The Bertz CT molecular complexity index is 1020. The third-order valence-electron chi connectivity index (χ3n) is 5.52. The third-order valence-corrected chi connectivity index (χ3v) is 5.52. The molecule has 0 radical (unpaired) electrons. The summed E-state index contributed by atoms with van der Waals surface area (Å²) in [5, 5.41) is 5.25. The fourth-order valence-corrected chi connectivity index (χ4v) is 3.60. The van der Waals surface area contributed by atoms with Gasteiger partial charge >= 0.3 is 12.1 Å². The van der Waals surface area contributed by atoms with Gasteiger partial charge in [0.2, 0.25) is 11.8 Å². The topological polar surface area (TPSA) is 123 Å². The highest BCUT2D eigenvalue weighted by Gasteiger charge is 2.34. The monoisotopic (exact) mass is 531 g/mol. The van der Waals surface area contributed by atoms with E-state index in [-0.39, 0.29) is 0 Å². The van der Waals surface area contributed by atoms with Crippen molar-refractivity contribution >= 4 is 23.9 Å². The molecule has 0 bridgehead atoms. The predicted molar refractivity (Wildman–Crippen MR) is 145 cm³/mol. The molecule has 10 nitrogen and oxygen atoms in total. The Kier molecular flexibility index (Phi) is 12.5. The zero-order valence-electron chi connectivity index (χ0n) is 23.5. The van der Waals surface area contributed by atoms with E-state index in [1.165, 1.54) is 33.1 Å². The smallest absolute Gasteiger partial charge is 0.410 e. The number of likely N-dealkylation sites (N-methyl/N-ethyl adjacent to an activating group) is 1. The van der Waals surface area contributed by atoms with Crippen LogP contribution in [-0.4, -0.2) is 67.7 Å². The van der Waals surface area contributed by atoms with E-state index in [1.54, 1.807) is 51.1 Å². The average molecular weight is 532 g/mol. The van der Waals surface area contributed by atoms with Crippen LogP contribution in [0.5, 0.6) is 5.75 Å². The van der Waals surface area contributed by atoms with E-state index in [2.05, 4.69) is 23.8 Å². The number of amides is 3. The van der Waals surface area contributed by atoms with E-state index in [0.717, 1.165) is 5.56 Å². The predicted octanol–water partition coefficient (Wildman–Crippen LogP) is 3.46. The van der Waals surface area contributed by atoms with Gasteiger partial charge in [-0.2, -0.15) is 0 Å². The first-order valence-corrected chi connectivity index (χ1v) is 12.3. The van der Waals surface area contributed by atoms with Crippen LogP contribution in [-0.2, 0) is 30.3 Å². The number of rotatable bonds is 13. The van der Waals surface area contributed by atoms with Gasteiger partial charge in [-0.1, -0.05) is 18.2 Å². The van der Waals surface area contributed by atoms with Crippen LogP contribution in [0.2, 0.25) is 0 Å². The molecule has 0 saturated heterocycles. The molecule has 0 aliphatic carbocycles. The van der Waals surface area contributed by atoms with Gasteiger partial charge in [0.25, 0.3) is 0 Å². The Labute approximate surface area is 225 Å². The standard InChI is InChI=1S/C28H41N3O7/c1-10-12-14-21(26(34)37-9)30-24(32)18(3)29-25(33)23(31(7)27(35)38-28(4,5)6)20-15-16-22(36-8)19(17-20)13-11-2/h10-11,15-18,21,23H,1-2,12-14H2,3-9H3,(H,29,33)(H,30,32)/t18-,21-,23-/m0/s1. The molecule has 2 N–H and O–H groups in total. The number of methoxy groups -OCH3 is 2. The molecular formula is C28H41N3O7. The van der Waals surface area contributed by atoms with Crippen LogP contribution in [0.4, 0.5) is 4.79 Å². The van der Waals surface area contributed by atoms with Gasteiger partial charge in [-0.05, 0) is 70.2 Å². The highest BCUT2D eigenvalue weighted by molar-refractivity contribution is 5.93. The van der Waals surface area contributed by atoms with Crippen molar-refractivity contribution in [1.82, 2.24) is 15.5 Å². The van der Waals surface area contributed by atoms with Crippen LogP contribution in [0.1, 0.15) is 57.7 Å². The largest absolute Gasteiger partial charge is 0.496 e. The van der Waals surface area contributed by atoms with Crippen LogP contribution in [0, 0.1) is 0 Å². The van der Waals surface area contributed by atoms with Crippen LogP contribution in [0.25, 0.3) is 0 Å². The maximum Gasteiger partial charge on any atom is 0.410 e. The van der Waals surface area contributed by atoms with Crippen LogP contribution >= 0.6 is 0 Å². The van der Waals surface area contributed by atoms with E-state index < -0.39 is 47.6 Å². The number of allylic oxidation sites excluding steroid dienone is 2. The van der Waals surface area contributed by atoms with Crippen molar-refractivity contribution in [2.75, 3.05) is 21.3 Å². The number of nitrogens with one attached hydrogen (secondary N) is 2. The summed E-state index contributed by atoms with van der Waals surface area (Å²) in [5.41, 5.74) is 0.464. The molecule has 0 heterocycles. The molecule has 10 heteroatoms. The fraction of sp³-hybridized carbons (Fsp3) is 0.500. The average Bonchev–Trinajstić information content (AvgIpc) is 2.85. The van der Waals surface area contributed by atoms with Crippen molar-refractivity contribution in [3.8, 4) is 5.75 Å². The van der Waals surface area contributed by atoms with E-state index in [1.807, 2.05) is 0 Å². The van der Waals surface area contributed by atoms with Gasteiger partial charge in [0.1, 0.15) is 29.5 Å². The summed E-state index contributed by atoms with van der Waals surface area (Å²) in [6.45, 7) is 14.0. The Morgan fingerprint density at radius 3 is 2.24 bits per heavy atom. The maximum atomic E-state index is 13.5. The quantitative estimate of drug-likeness (QED) is 0.295. The summed E-state index contributed by atoms with van der Waals surface area (Å²) in [6.07, 6.45) is 3.86. The minimum atomic E-state index is -1.13. The molecule has 210 valence electrons. The lowest BCUT2D eigenvalue weighted by molar-refractivity contribution is -0.145. The molecule has 38 heavy (non-hydrogen) atoms. The summed E-state index contributed by atoms with van der Waals surface area (Å²) < 4.78 is 15.7. The lowest BCUT2D eigenvalue weighted by Gasteiger charge is -2.31. The number of nitrogens with zero attached hydrogens (tertiary/aromatic N) is 1. The molecule has 1 aromatic carbocycles. The maximum absolute atomic E-state index is 13.5. The number of benzene rings is 1. The van der Waals surface area contributed by atoms with Crippen LogP contribution in [0.15, 0.2) is 43.5 Å². The molecule has 0 saturated carbocycles. The van der Waals surface area contributed by atoms with Crippen LogP contribution in [0.3, 0.4) is 0 Å². The fourth-order valence-electron chi connectivity index (χ4n) is 3.60. The second-order valence-corrected chi connectivity index (χ2v) is 9.74. The molecule has 0 aliphatic heterocycles. The van der Waals surface area contributed by atoms with Gasteiger partial charge in [-0.3, -0.25) is 14.5 Å². The third kappa shape index (κ3) is 9.57. The number of ether oxygens (including phenoxy) is 3. The molecule has 0 unspecified atom stereocenters. The van der Waals surface area contributed by atoms with Gasteiger partial charge in [0.15, 0.2) is 0 Å². The second kappa shape index (κ2) is 14.8. The van der Waals surface area contributed by atoms with Gasteiger partial charge in [0, 0.05) is 7.05 Å². The van der Waals surface area contributed by atoms with Crippen molar-refractivity contribution in [1.29, 1.82) is 0 Å². The SMILES string of the molecule is C=CCC[C@H](NC(=O)[C@H](C)NC(=O)[C@H](c1ccc(OC)c(CC=C)c1)N(C)C(=O)OC(C)(C)C)C(=O)OC. The first kappa shape index (κ1) is 32.2. The van der Waals surface area contributed by atoms with Gasteiger partial charge < -0.3 is 24.8 Å². The summed E-state index contributed by atoms with van der Waals surface area (Å²) >= 11 is 0. The lowest BCUT2D eigenvalue weighted by Crippen LogP contribution is -2.53. The highest BCUT2D eigenvalue weighted by atomic mass is 16.6. The highest BCUT2D eigenvalue weighted by Crippen LogP contribution is 2.28. The zero-order valence-corrected chi connectivity index (χ0v) is 23.5. The summed E-state index contributed by atoms with van der Waals surface area (Å²) in [4.78, 5) is 52.6. The number of carbonyl (C=O) groups excluding carboxylic acids is 4. The van der Waals surface area contributed by atoms with E-state index in [9.17, 15) is 19.2 Å². The molecule has 1 aromatic rings. The van der Waals surface area contributed by atoms with Crippen molar-refractivity contribution in [2.45, 2.75) is 70.7 Å². The molecule has 1 rings (SSSR count). The molecule has 0 aliphatic rings. The number of hydrogen-bond acceptors (Lipinski definition) is 7. The number of esters is 1. The minimum absolute atomic E-state index is 0.296. The summed E-state index contributed by atoms with van der Waals surface area (Å²) in [6, 6.07) is 2.07. The number of carbonyl (C=O) groups is 4. The number of hydrogen-bond donors (Lipinski definition) is 2. The Morgan fingerprint density at radius 2 is 1.71 bits per heavy atom. The molecule has 3 atom stereocenters. The molecular weight excluding hydrogens is 490 g/mol. The lowest BCUT2D eigenvalue weighted by atomic mass is 9.99. The summed E-state index contributed by atoms with van der Waals surface area (Å²) in [5.74, 6) is -1.20. The second-order valence-electron chi connectivity index (χ2n) is 9.74. The van der Waals surface area contributed by atoms with Crippen molar-refractivity contribution in [2.24, 2.45) is 0 Å². The zero-order chi connectivity index (χ0) is 29.0. The Morgan fingerprint density at radius 1 is 1.05 bits per heavy atom. The van der Waals surface area contributed by atoms with E-state index >= 15 is 0 Å². The molecule has 0 spiro atoms. The van der Waals surface area contributed by atoms with Crippen molar-refractivity contribution in [3.63, 3.8) is 0 Å². The molecule has 3 amide bonds. The van der Waals surface area contributed by atoms with Gasteiger partial charge in [0.05, 0.1) is 14.2 Å². The molecule has 0 aromatic heterocycles. The van der Waals surface area contributed by atoms with Gasteiger partial charge in [-0.15, -0.1) is 13.2 Å². The Balaban J connectivity index is 3.29. The summed E-state index contributed by atoms with van der Waals surface area (Å²) in [7, 11) is 4.21. The Hall–Kier alpha value is -3.82. The first-order chi connectivity index (χ1) is 17.8. The normalized spacial score (nSPS) is 13.2. The van der Waals surface area contributed by atoms with Crippen molar-refractivity contribution in [3.05, 3.63) is 54.6 Å². The van der Waals surface area contributed by atoms with Crippen LogP contribution < -0.4 is 15.4 Å².